The first kappa shape index (κ1) is 24.0. The smallest absolute Gasteiger partial charge is 0.273 e. The molecule has 0 spiro atoms. The van der Waals surface area contributed by atoms with E-state index in [2.05, 4.69) is 27.4 Å². The van der Waals surface area contributed by atoms with E-state index in [-0.39, 0.29) is 11.6 Å². The van der Waals surface area contributed by atoms with Gasteiger partial charge in [0.2, 0.25) is 5.89 Å². The minimum atomic E-state index is -0.218. The first-order valence-corrected chi connectivity index (χ1v) is 12.6. The van der Waals surface area contributed by atoms with Crippen LogP contribution < -0.4 is 5.32 Å². The molecule has 9 heteroatoms. The van der Waals surface area contributed by atoms with Crippen molar-refractivity contribution >= 4 is 29.3 Å². The molecule has 7 nitrogen and oxygen atoms in total. The van der Waals surface area contributed by atoms with E-state index in [1.807, 2.05) is 59.2 Å². The summed E-state index contributed by atoms with van der Waals surface area (Å²) >= 11 is 7.87. The molecule has 0 unspecified atom stereocenters. The molecule has 0 fully saturated rings. The minimum Gasteiger partial charge on any atom is -0.447 e. The number of unbranched alkanes of at least 4 members (excludes halogenated alkanes) is 3. The van der Waals surface area contributed by atoms with Gasteiger partial charge in [-0.1, -0.05) is 79.9 Å². The zero-order valence-electron chi connectivity index (χ0n) is 18.9. The van der Waals surface area contributed by atoms with E-state index in [1.54, 1.807) is 0 Å². The van der Waals surface area contributed by atoms with Gasteiger partial charge < -0.3 is 9.73 Å². The molecule has 4 rings (SSSR count). The number of rotatable bonds is 11. The Morgan fingerprint density at radius 2 is 1.85 bits per heavy atom. The zero-order valence-corrected chi connectivity index (χ0v) is 20.5. The van der Waals surface area contributed by atoms with Crippen LogP contribution in [0.1, 0.15) is 49.0 Å². The van der Waals surface area contributed by atoms with Gasteiger partial charge >= 0.3 is 0 Å². The number of carbonyl (C=O) groups is 1. The third-order valence-corrected chi connectivity index (χ3v) is 6.43. The summed E-state index contributed by atoms with van der Waals surface area (Å²) in [5, 5.41) is 13.0. The highest BCUT2D eigenvalue weighted by Crippen LogP contribution is 2.32. The summed E-state index contributed by atoms with van der Waals surface area (Å²) in [7, 11) is 0. The van der Waals surface area contributed by atoms with Crippen molar-refractivity contribution in [3.8, 4) is 17.1 Å². The number of amides is 1. The van der Waals surface area contributed by atoms with E-state index >= 15 is 0 Å². The quantitative estimate of drug-likeness (QED) is 0.197. The minimum absolute atomic E-state index is 0.218. The first-order chi connectivity index (χ1) is 16.7. The number of thioether (sulfide) groups is 1. The number of carbonyl (C=O) groups excluding carboxylic acids is 1. The second kappa shape index (κ2) is 11.9. The van der Waals surface area contributed by atoms with E-state index in [0.29, 0.717) is 34.2 Å². The molecule has 0 atom stereocenters. The number of aromatic nitrogens is 4. The maximum Gasteiger partial charge on any atom is 0.273 e. The molecule has 0 radical (unpaired) electrons. The standard InChI is InChI=1S/C25H26ClN5O2S/c1-2-3-4-10-15-27-24(32)21-16-33-22(28-21)17-34-25-30-29-23(19-13-8-9-14-20(19)26)31(25)18-11-6-5-7-12-18/h5-9,11-14,16H,2-4,10,15,17H2,1H3,(H,27,32). The summed E-state index contributed by atoms with van der Waals surface area (Å²) in [5.74, 6) is 1.28. The van der Waals surface area contributed by atoms with E-state index in [9.17, 15) is 4.79 Å². The second-order valence-electron chi connectivity index (χ2n) is 7.69. The number of para-hydroxylation sites is 1. The number of oxazole rings is 1. The van der Waals surface area contributed by atoms with Crippen molar-refractivity contribution in [2.24, 2.45) is 0 Å². The number of nitrogens with one attached hydrogen (secondary N) is 1. The summed E-state index contributed by atoms with van der Waals surface area (Å²) in [6.07, 6.45) is 5.80. The maximum absolute atomic E-state index is 12.3. The number of hydrogen-bond donors (Lipinski definition) is 1. The fraction of sp³-hybridized carbons (Fsp3) is 0.280. The van der Waals surface area contributed by atoms with Crippen LogP contribution in [0, 0.1) is 0 Å². The summed E-state index contributed by atoms with van der Waals surface area (Å²) < 4.78 is 7.49. The summed E-state index contributed by atoms with van der Waals surface area (Å²) in [4.78, 5) is 16.7. The topological polar surface area (TPSA) is 85.8 Å². The monoisotopic (exact) mass is 495 g/mol. The van der Waals surface area contributed by atoms with Gasteiger partial charge in [-0.05, 0) is 30.7 Å². The van der Waals surface area contributed by atoms with Gasteiger partial charge in [-0.15, -0.1) is 10.2 Å². The lowest BCUT2D eigenvalue weighted by Crippen LogP contribution is -2.24. The Balaban J connectivity index is 1.48. The average Bonchev–Trinajstić information content (AvgIpc) is 3.51. The predicted octanol–water partition coefficient (Wildman–Crippen LogP) is 6.18. The normalized spacial score (nSPS) is 11.0. The van der Waals surface area contributed by atoms with Crippen LogP contribution in [0.15, 0.2) is 70.4 Å². The molecule has 0 saturated heterocycles. The van der Waals surface area contributed by atoms with Crippen molar-refractivity contribution in [1.29, 1.82) is 0 Å². The Kier molecular flexibility index (Phi) is 8.38. The highest BCUT2D eigenvalue weighted by atomic mass is 35.5. The second-order valence-corrected chi connectivity index (χ2v) is 9.04. The Labute approximate surface area is 208 Å². The van der Waals surface area contributed by atoms with Crippen molar-refractivity contribution in [2.45, 2.75) is 43.5 Å². The number of halogens is 1. The average molecular weight is 496 g/mol. The van der Waals surface area contributed by atoms with Crippen LogP contribution in [0.3, 0.4) is 0 Å². The predicted molar refractivity (Wildman–Crippen MR) is 134 cm³/mol. The molecular formula is C25H26ClN5O2S. The van der Waals surface area contributed by atoms with Gasteiger partial charge in [-0.2, -0.15) is 0 Å². The van der Waals surface area contributed by atoms with E-state index in [1.165, 1.54) is 24.4 Å². The van der Waals surface area contributed by atoms with Crippen molar-refractivity contribution < 1.29 is 9.21 Å². The molecule has 2 heterocycles. The Morgan fingerprint density at radius 3 is 2.65 bits per heavy atom. The molecule has 0 aliphatic rings. The molecule has 4 aromatic rings. The Bertz CT molecular complexity index is 1230. The highest BCUT2D eigenvalue weighted by Gasteiger charge is 2.19. The Hall–Kier alpha value is -3.10. The number of hydrogen-bond acceptors (Lipinski definition) is 6. The van der Waals surface area contributed by atoms with Gasteiger partial charge in [-0.3, -0.25) is 9.36 Å². The molecule has 0 bridgehead atoms. The van der Waals surface area contributed by atoms with Crippen LogP contribution in [0.2, 0.25) is 5.02 Å². The fourth-order valence-electron chi connectivity index (χ4n) is 3.44. The zero-order chi connectivity index (χ0) is 23.8. The molecule has 2 aromatic carbocycles. The van der Waals surface area contributed by atoms with Crippen LogP contribution >= 0.6 is 23.4 Å². The molecule has 0 saturated carbocycles. The van der Waals surface area contributed by atoms with Gasteiger partial charge in [0.1, 0.15) is 6.26 Å². The number of benzene rings is 2. The molecule has 1 N–H and O–H groups in total. The maximum atomic E-state index is 12.3. The fourth-order valence-corrected chi connectivity index (χ4v) is 4.47. The molecule has 0 aliphatic carbocycles. The first-order valence-electron chi connectivity index (χ1n) is 11.3. The molecule has 176 valence electrons. The van der Waals surface area contributed by atoms with Gasteiger partial charge in [-0.25, -0.2) is 4.98 Å². The third kappa shape index (κ3) is 5.87. The van der Waals surface area contributed by atoms with Crippen LogP contribution in [-0.4, -0.2) is 32.2 Å². The lowest BCUT2D eigenvalue weighted by atomic mass is 10.2. The van der Waals surface area contributed by atoms with Crippen LogP contribution in [0.4, 0.5) is 0 Å². The van der Waals surface area contributed by atoms with E-state index < -0.39 is 0 Å². The lowest BCUT2D eigenvalue weighted by Gasteiger charge is -2.10. The SMILES string of the molecule is CCCCCCNC(=O)c1coc(CSc2nnc(-c3ccccc3Cl)n2-c2ccccc2)n1. The van der Waals surface area contributed by atoms with E-state index in [0.717, 1.165) is 30.5 Å². The summed E-state index contributed by atoms with van der Waals surface area (Å²) in [5.41, 5.74) is 1.99. The van der Waals surface area contributed by atoms with Gasteiger partial charge in [0.05, 0.1) is 10.8 Å². The Morgan fingerprint density at radius 1 is 1.06 bits per heavy atom. The largest absolute Gasteiger partial charge is 0.447 e. The molecule has 0 aliphatic heterocycles. The van der Waals surface area contributed by atoms with Gasteiger partial charge in [0.15, 0.2) is 16.7 Å². The van der Waals surface area contributed by atoms with E-state index in [4.69, 9.17) is 16.0 Å². The molecule has 2 aromatic heterocycles. The molecule has 1 amide bonds. The third-order valence-electron chi connectivity index (χ3n) is 5.19. The van der Waals surface area contributed by atoms with Crippen LogP contribution in [-0.2, 0) is 5.75 Å². The molecule has 34 heavy (non-hydrogen) atoms. The number of nitrogens with zero attached hydrogens (tertiary/aromatic N) is 4. The van der Waals surface area contributed by atoms with Crippen molar-refractivity contribution in [3.63, 3.8) is 0 Å². The van der Waals surface area contributed by atoms with Crippen LogP contribution in [0.25, 0.3) is 17.1 Å². The van der Waals surface area contributed by atoms with Gasteiger partial charge in [0.25, 0.3) is 5.91 Å². The van der Waals surface area contributed by atoms with Crippen LogP contribution in [0.5, 0.6) is 0 Å². The lowest BCUT2D eigenvalue weighted by molar-refractivity contribution is 0.0948. The summed E-state index contributed by atoms with van der Waals surface area (Å²) in [6, 6.07) is 17.4. The van der Waals surface area contributed by atoms with Crippen molar-refractivity contribution in [2.75, 3.05) is 6.54 Å². The summed E-state index contributed by atoms with van der Waals surface area (Å²) in [6.45, 7) is 2.80. The van der Waals surface area contributed by atoms with Gasteiger partial charge in [0, 0.05) is 17.8 Å². The van der Waals surface area contributed by atoms with Crippen molar-refractivity contribution in [1.82, 2.24) is 25.1 Å². The molecular weight excluding hydrogens is 470 g/mol. The highest BCUT2D eigenvalue weighted by molar-refractivity contribution is 7.98. The van der Waals surface area contributed by atoms with Crippen molar-refractivity contribution in [3.05, 3.63) is 77.5 Å².